The largest absolute Gasteiger partial charge is 0.480 e. The summed E-state index contributed by atoms with van der Waals surface area (Å²) in [6, 6.07) is 9.14. The summed E-state index contributed by atoms with van der Waals surface area (Å²) < 4.78 is 0. The molecule has 0 unspecified atom stereocenters. The fraction of sp³-hybridized carbons (Fsp3) is 0.308. The SMILES string of the molecule is C=C[C@H](C)[C@@H](NCc1ccccc1)C(=O)O. The fourth-order valence-corrected chi connectivity index (χ4v) is 1.46. The Bertz CT molecular complexity index is 348. The molecule has 0 bridgehead atoms. The van der Waals surface area contributed by atoms with Gasteiger partial charge < -0.3 is 5.11 Å². The van der Waals surface area contributed by atoms with Crippen LogP contribution in [-0.4, -0.2) is 17.1 Å². The van der Waals surface area contributed by atoms with Crippen molar-refractivity contribution in [2.24, 2.45) is 5.92 Å². The van der Waals surface area contributed by atoms with Crippen LogP contribution in [0.15, 0.2) is 43.0 Å². The molecule has 2 N–H and O–H groups in total. The number of carboxylic acid groups (broad SMARTS) is 1. The number of aliphatic carboxylic acids is 1. The van der Waals surface area contributed by atoms with E-state index >= 15 is 0 Å². The molecule has 0 saturated carbocycles. The molecule has 0 aliphatic carbocycles. The van der Waals surface area contributed by atoms with Crippen LogP contribution in [0, 0.1) is 5.92 Å². The topological polar surface area (TPSA) is 49.3 Å². The van der Waals surface area contributed by atoms with Crippen molar-refractivity contribution in [2.75, 3.05) is 0 Å². The molecule has 0 heterocycles. The third-order valence-corrected chi connectivity index (χ3v) is 2.53. The number of carbonyl (C=O) groups is 1. The lowest BCUT2D eigenvalue weighted by atomic mass is 10.0. The first-order valence-corrected chi connectivity index (χ1v) is 5.28. The molecule has 2 atom stereocenters. The van der Waals surface area contributed by atoms with Gasteiger partial charge in [-0.25, -0.2) is 0 Å². The average molecular weight is 219 g/mol. The van der Waals surface area contributed by atoms with Gasteiger partial charge >= 0.3 is 5.97 Å². The molecule has 0 aliphatic heterocycles. The number of hydrogen-bond donors (Lipinski definition) is 2. The Kier molecular flexibility index (Phi) is 4.73. The molecule has 3 heteroatoms. The normalized spacial score (nSPS) is 14.1. The zero-order valence-electron chi connectivity index (χ0n) is 9.39. The summed E-state index contributed by atoms with van der Waals surface area (Å²) in [5.74, 6) is -0.940. The van der Waals surface area contributed by atoms with Crippen molar-refractivity contribution < 1.29 is 9.90 Å². The van der Waals surface area contributed by atoms with Gasteiger partial charge in [-0.2, -0.15) is 0 Å². The third kappa shape index (κ3) is 3.51. The van der Waals surface area contributed by atoms with Crippen LogP contribution >= 0.6 is 0 Å². The average Bonchev–Trinajstić information content (AvgIpc) is 2.30. The van der Waals surface area contributed by atoms with E-state index in [4.69, 9.17) is 5.11 Å². The Labute approximate surface area is 95.8 Å². The maximum Gasteiger partial charge on any atom is 0.321 e. The highest BCUT2D eigenvalue weighted by Crippen LogP contribution is 2.06. The van der Waals surface area contributed by atoms with Gasteiger partial charge in [0.25, 0.3) is 0 Å². The van der Waals surface area contributed by atoms with Gasteiger partial charge in [-0.15, -0.1) is 6.58 Å². The first kappa shape index (κ1) is 12.5. The van der Waals surface area contributed by atoms with Crippen LogP contribution in [0.4, 0.5) is 0 Å². The number of benzene rings is 1. The summed E-state index contributed by atoms with van der Waals surface area (Å²) >= 11 is 0. The smallest absolute Gasteiger partial charge is 0.321 e. The molecule has 0 radical (unpaired) electrons. The van der Waals surface area contributed by atoms with Crippen molar-refractivity contribution in [1.82, 2.24) is 5.32 Å². The summed E-state index contributed by atoms with van der Waals surface area (Å²) in [7, 11) is 0. The van der Waals surface area contributed by atoms with E-state index in [1.807, 2.05) is 37.3 Å². The molecule has 1 aromatic carbocycles. The number of nitrogens with one attached hydrogen (secondary N) is 1. The van der Waals surface area contributed by atoms with E-state index in [0.29, 0.717) is 6.54 Å². The van der Waals surface area contributed by atoms with Crippen LogP contribution in [0.25, 0.3) is 0 Å². The van der Waals surface area contributed by atoms with Crippen LogP contribution in [0.3, 0.4) is 0 Å². The van der Waals surface area contributed by atoms with E-state index in [9.17, 15) is 4.79 Å². The van der Waals surface area contributed by atoms with Crippen molar-refractivity contribution >= 4 is 5.97 Å². The summed E-state index contributed by atoms with van der Waals surface area (Å²) in [6.45, 7) is 6.00. The van der Waals surface area contributed by atoms with Crippen molar-refractivity contribution in [3.8, 4) is 0 Å². The zero-order chi connectivity index (χ0) is 12.0. The predicted octanol–water partition coefficient (Wildman–Crippen LogP) is 2.05. The molecule has 0 saturated heterocycles. The Hall–Kier alpha value is -1.61. The minimum atomic E-state index is -0.844. The lowest BCUT2D eigenvalue weighted by Gasteiger charge is -2.18. The van der Waals surface area contributed by atoms with Gasteiger partial charge in [-0.05, 0) is 11.5 Å². The molecule has 0 fully saturated rings. The van der Waals surface area contributed by atoms with E-state index in [2.05, 4.69) is 11.9 Å². The van der Waals surface area contributed by atoms with Gasteiger partial charge in [0.15, 0.2) is 0 Å². The molecule has 0 amide bonds. The maximum absolute atomic E-state index is 11.0. The van der Waals surface area contributed by atoms with Gasteiger partial charge in [0.2, 0.25) is 0 Å². The molecule has 3 nitrogen and oxygen atoms in total. The van der Waals surface area contributed by atoms with E-state index < -0.39 is 12.0 Å². The first-order chi connectivity index (χ1) is 7.65. The van der Waals surface area contributed by atoms with Crippen LogP contribution < -0.4 is 5.32 Å². The van der Waals surface area contributed by atoms with Gasteiger partial charge in [-0.3, -0.25) is 10.1 Å². The predicted molar refractivity (Wildman–Crippen MR) is 64.1 cm³/mol. The van der Waals surface area contributed by atoms with E-state index in [1.54, 1.807) is 6.08 Å². The summed E-state index contributed by atoms with van der Waals surface area (Å²) in [5, 5.41) is 12.1. The Morgan fingerprint density at radius 1 is 1.50 bits per heavy atom. The molecule has 0 aromatic heterocycles. The van der Waals surface area contributed by atoms with Crippen LogP contribution in [-0.2, 0) is 11.3 Å². The summed E-state index contributed by atoms with van der Waals surface area (Å²) in [4.78, 5) is 11.0. The molecule has 86 valence electrons. The molecule has 0 aliphatic rings. The van der Waals surface area contributed by atoms with Gasteiger partial charge in [0.05, 0.1) is 0 Å². The monoisotopic (exact) mass is 219 g/mol. The van der Waals surface area contributed by atoms with Gasteiger partial charge in [0, 0.05) is 6.54 Å². The highest BCUT2D eigenvalue weighted by molar-refractivity contribution is 5.74. The highest BCUT2D eigenvalue weighted by Gasteiger charge is 2.21. The molecule has 1 aromatic rings. The fourth-order valence-electron chi connectivity index (χ4n) is 1.46. The van der Waals surface area contributed by atoms with Crippen LogP contribution in [0.5, 0.6) is 0 Å². The molecule has 16 heavy (non-hydrogen) atoms. The maximum atomic E-state index is 11.0. The number of rotatable bonds is 6. The number of hydrogen-bond acceptors (Lipinski definition) is 2. The molecule has 0 spiro atoms. The molecule has 1 rings (SSSR count). The Morgan fingerprint density at radius 2 is 2.12 bits per heavy atom. The molecular weight excluding hydrogens is 202 g/mol. The minimum absolute atomic E-state index is 0.0961. The van der Waals surface area contributed by atoms with E-state index in [1.165, 1.54) is 0 Å². The standard InChI is InChI=1S/C13H17NO2/c1-3-10(2)12(13(15)16)14-9-11-7-5-4-6-8-11/h3-8,10,12,14H,1,9H2,2H3,(H,15,16)/t10-,12+/m0/s1. The van der Waals surface area contributed by atoms with E-state index in [-0.39, 0.29) is 5.92 Å². The summed E-state index contributed by atoms with van der Waals surface area (Å²) in [5.41, 5.74) is 1.07. The first-order valence-electron chi connectivity index (χ1n) is 5.28. The minimum Gasteiger partial charge on any atom is -0.480 e. The number of carboxylic acids is 1. The second-order valence-electron chi connectivity index (χ2n) is 3.78. The highest BCUT2D eigenvalue weighted by atomic mass is 16.4. The molecular formula is C13H17NO2. The van der Waals surface area contributed by atoms with Gasteiger partial charge in [-0.1, -0.05) is 43.3 Å². The van der Waals surface area contributed by atoms with Crippen molar-refractivity contribution in [2.45, 2.75) is 19.5 Å². The Morgan fingerprint density at radius 3 is 2.62 bits per heavy atom. The lowest BCUT2D eigenvalue weighted by molar-refractivity contribution is -0.140. The van der Waals surface area contributed by atoms with Crippen LogP contribution in [0.2, 0.25) is 0 Å². The van der Waals surface area contributed by atoms with Crippen molar-refractivity contribution in [3.63, 3.8) is 0 Å². The van der Waals surface area contributed by atoms with Crippen molar-refractivity contribution in [1.29, 1.82) is 0 Å². The second-order valence-corrected chi connectivity index (χ2v) is 3.78. The quantitative estimate of drug-likeness (QED) is 0.720. The van der Waals surface area contributed by atoms with E-state index in [0.717, 1.165) is 5.56 Å². The third-order valence-electron chi connectivity index (χ3n) is 2.53. The van der Waals surface area contributed by atoms with Gasteiger partial charge in [0.1, 0.15) is 6.04 Å². The second kappa shape index (κ2) is 6.08. The lowest BCUT2D eigenvalue weighted by Crippen LogP contribution is -2.40. The van der Waals surface area contributed by atoms with Crippen LogP contribution in [0.1, 0.15) is 12.5 Å². The Balaban J connectivity index is 2.57. The summed E-state index contributed by atoms with van der Waals surface area (Å²) in [6.07, 6.45) is 1.65. The van der Waals surface area contributed by atoms with Crippen molar-refractivity contribution in [3.05, 3.63) is 48.6 Å². The zero-order valence-corrected chi connectivity index (χ0v) is 9.39.